The first kappa shape index (κ1) is 17.5. The number of rotatable bonds is 4. The summed E-state index contributed by atoms with van der Waals surface area (Å²) in [5, 5.41) is 18.8. The van der Waals surface area contributed by atoms with Gasteiger partial charge < -0.3 is 15.5 Å². The lowest BCUT2D eigenvalue weighted by molar-refractivity contribution is 0.220. The number of hydrogen-bond donors (Lipinski definition) is 3. The van der Waals surface area contributed by atoms with Crippen molar-refractivity contribution in [1.29, 1.82) is 0 Å². The van der Waals surface area contributed by atoms with Gasteiger partial charge in [0.1, 0.15) is 5.52 Å². The van der Waals surface area contributed by atoms with Gasteiger partial charge in [0, 0.05) is 37.1 Å². The van der Waals surface area contributed by atoms with Crippen LogP contribution in [0.5, 0.6) is 0 Å². The lowest BCUT2D eigenvalue weighted by Crippen LogP contribution is -2.40. The van der Waals surface area contributed by atoms with E-state index in [1.807, 2.05) is 35.8 Å². The minimum atomic E-state index is 0.509. The summed E-state index contributed by atoms with van der Waals surface area (Å²) >= 11 is 0. The van der Waals surface area contributed by atoms with E-state index in [4.69, 9.17) is 10.1 Å². The molecule has 4 heterocycles. The summed E-state index contributed by atoms with van der Waals surface area (Å²) in [7, 11) is 2.09. The normalized spacial score (nSPS) is 21.6. The Bertz CT molecular complexity index is 966. The molecule has 148 valence electrons. The molecule has 0 radical (unpaired) electrons. The van der Waals surface area contributed by atoms with Crippen LogP contribution in [-0.4, -0.2) is 51.0 Å². The standard InChI is InChI=1S/C20H28N8/c1-14-12-17(25-24-14)22-18-16-4-3-9-28(16)26-19(23-18)27-10-7-20(8-11-27)6-5-15(13-20)21-2/h3-4,9,12,15,21H,5-8,10-11,13H2,1-2H3,(H2,22,23,24,25,26). The number of nitrogens with zero attached hydrogens (tertiary/aromatic N) is 5. The molecule has 1 aliphatic carbocycles. The molecule has 3 aromatic rings. The van der Waals surface area contributed by atoms with Crippen molar-refractivity contribution in [3.05, 3.63) is 30.1 Å². The van der Waals surface area contributed by atoms with Gasteiger partial charge in [-0.15, -0.1) is 5.10 Å². The molecule has 1 saturated carbocycles. The Morgan fingerprint density at radius 2 is 2.11 bits per heavy atom. The molecule has 2 fully saturated rings. The second-order valence-corrected chi connectivity index (χ2v) is 8.38. The average molecular weight is 381 g/mol. The van der Waals surface area contributed by atoms with Crippen LogP contribution in [0.4, 0.5) is 17.6 Å². The third-order valence-corrected chi connectivity index (χ3v) is 6.55. The van der Waals surface area contributed by atoms with E-state index in [1.165, 1.54) is 32.1 Å². The maximum absolute atomic E-state index is 4.86. The van der Waals surface area contributed by atoms with E-state index in [2.05, 4.69) is 32.8 Å². The summed E-state index contributed by atoms with van der Waals surface area (Å²) in [4.78, 5) is 7.20. The van der Waals surface area contributed by atoms with Gasteiger partial charge in [-0.05, 0) is 63.6 Å². The summed E-state index contributed by atoms with van der Waals surface area (Å²) in [5.74, 6) is 2.35. The predicted molar refractivity (Wildman–Crippen MR) is 110 cm³/mol. The maximum Gasteiger partial charge on any atom is 0.245 e. The molecule has 28 heavy (non-hydrogen) atoms. The lowest BCUT2D eigenvalue weighted by atomic mass is 9.77. The van der Waals surface area contributed by atoms with Crippen molar-refractivity contribution in [2.24, 2.45) is 5.41 Å². The average Bonchev–Trinajstić information content (AvgIpc) is 3.43. The highest BCUT2D eigenvalue weighted by Gasteiger charge is 2.41. The van der Waals surface area contributed by atoms with Crippen molar-refractivity contribution in [2.45, 2.75) is 45.1 Å². The van der Waals surface area contributed by atoms with E-state index >= 15 is 0 Å². The Balaban J connectivity index is 1.38. The second-order valence-electron chi connectivity index (χ2n) is 8.38. The van der Waals surface area contributed by atoms with Gasteiger partial charge in [0.15, 0.2) is 11.6 Å². The van der Waals surface area contributed by atoms with E-state index in [0.29, 0.717) is 11.5 Å². The van der Waals surface area contributed by atoms with Crippen LogP contribution in [0.15, 0.2) is 24.4 Å². The number of fused-ring (bicyclic) bond motifs is 1. The number of aromatic nitrogens is 5. The molecule has 1 aliphatic heterocycles. The summed E-state index contributed by atoms with van der Waals surface area (Å²) in [5.41, 5.74) is 2.47. The molecule has 8 heteroatoms. The molecule has 3 N–H and O–H groups in total. The largest absolute Gasteiger partial charge is 0.339 e. The first-order chi connectivity index (χ1) is 13.6. The van der Waals surface area contributed by atoms with E-state index in [9.17, 15) is 0 Å². The fraction of sp³-hybridized carbons (Fsp3) is 0.550. The maximum atomic E-state index is 4.86. The molecule has 3 aromatic heterocycles. The van der Waals surface area contributed by atoms with E-state index in [-0.39, 0.29) is 0 Å². The Hall–Kier alpha value is -2.61. The van der Waals surface area contributed by atoms with Crippen molar-refractivity contribution in [3.63, 3.8) is 0 Å². The van der Waals surface area contributed by atoms with Gasteiger partial charge >= 0.3 is 0 Å². The molecule has 1 saturated heterocycles. The van der Waals surface area contributed by atoms with Gasteiger partial charge in [0.05, 0.1) is 0 Å². The molecule has 1 atom stereocenters. The Morgan fingerprint density at radius 3 is 2.82 bits per heavy atom. The highest BCUT2D eigenvalue weighted by Crippen LogP contribution is 2.46. The predicted octanol–water partition coefficient (Wildman–Crippen LogP) is 2.86. The Kier molecular flexibility index (Phi) is 4.23. The molecule has 1 spiro atoms. The molecule has 8 nitrogen and oxygen atoms in total. The van der Waals surface area contributed by atoms with Crippen molar-refractivity contribution in [3.8, 4) is 0 Å². The van der Waals surface area contributed by atoms with Crippen LogP contribution in [0.1, 0.15) is 37.8 Å². The number of H-pyrrole nitrogens is 1. The van der Waals surface area contributed by atoms with Crippen LogP contribution < -0.4 is 15.5 Å². The fourth-order valence-corrected chi connectivity index (χ4v) is 4.84. The number of anilines is 3. The van der Waals surface area contributed by atoms with Crippen LogP contribution in [-0.2, 0) is 0 Å². The highest BCUT2D eigenvalue weighted by atomic mass is 15.4. The molecule has 2 aliphatic rings. The number of hydrogen-bond acceptors (Lipinski definition) is 6. The summed E-state index contributed by atoms with van der Waals surface area (Å²) in [6, 6.07) is 6.68. The molecular weight excluding hydrogens is 352 g/mol. The molecular formula is C20H28N8. The minimum absolute atomic E-state index is 0.509. The second kappa shape index (κ2) is 6.77. The van der Waals surface area contributed by atoms with Gasteiger partial charge in [0.2, 0.25) is 5.95 Å². The van der Waals surface area contributed by atoms with E-state index < -0.39 is 0 Å². The van der Waals surface area contributed by atoms with Crippen LogP contribution in [0.3, 0.4) is 0 Å². The number of aryl methyl sites for hydroxylation is 1. The number of piperidine rings is 1. The quantitative estimate of drug-likeness (QED) is 0.645. The fourth-order valence-electron chi connectivity index (χ4n) is 4.84. The molecule has 0 bridgehead atoms. The topological polar surface area (TPSA) is 86.2 Å². The highest BCUT2D eigenvalue weighted by molar-refractivity contribution is 5.73. The zero-order chi connectivity index (χ0) is 19.1. The molecule has 5 rings (SSSR count). The first-order valence-electron chi connectivity index (χ1n) is 10.2. The number of aromatic amines is 1. The zero-order valence-corrected chi connectivity index (χ0v) is 16.6. The smallest absolute Gasteiger partial charge is 0.245 e. The Morgan fingerprint density at radius 1 is 1.25 bits per heavy atom. The monoisotopic (exact) mass is 380 g/mol. The molecule has 0 amide bonds. The van der Waals surface area contributed by atoms with Gasteiger partial charge in [-0.2, -0.15) is 10.1 Å². The summed E-state index contributed by atoms with van der Waals surface area (Å²) < 4.78 is 1.90. The summed E-state index contributed by atoms with van der Waals surface area (Å²) in [6.07, 6.45) is 8.37. The lowest BCUT2D eigenvalue weighted by Gasteiger charge is -2.39. The minimum Gasteiger partial charge on any atom is -0.339 e. The van der Waals surface area contributed by atoms with Crippen molar-refractivity contribution >= 4 is 23.1 Å². The van der Waals surface area contributed by atoms with E-state index in [0.717, 1.165) is 41.9 Å². The van der Waals surface area contributed by atoms with Crippen molar-refractivity contribution < 1.29 is 0 Å². The van der Waals surface area contributed by atoms with Crippen LogP contribution in [0, 0.1) is 12.3 Å². The van der Waals surface area contributed by atoms with Gasteiger partial charge in [-0.3, -0.25) is 5.10 Å². The third-order valence-electron chi connectivity index (χ3n) is 6.55. The molecule has 1 unspecified atom stereocenters. The Labute approximate surface area is 164 Å². The summed E-state index contributed by atoms with van der Waals surface area (Å²) in [6.45, 7) is 4.02. The van der Waals surface area contributed by atoms with Gasteiger partial charge in [-0.1, -0.05) is 0 Å². The third kappa shape index (κ3) is 3.11. The molecule has 0 aromatic carbocycles. The SMILES string of the molecule is CNC1CCC2(CCN(c3nc(Nc4cc(C)[nH]n4)c4cccn4n3)CC2)C1. The van der Waals surface area contributed by atoms with Crippen LogP contribution in [0.25, 0.3) is 5.52 Å². The first-order valence-corrected chi connectivity index (χ1v) is 10.2. The van der Waals surface area contributed by atoms with Crippen molar-refractivity contribution in [2.75, 3.05) is 30.4 Å². The van der Waals surface area contributed by atoms with Crippen molar-refractivity contribution in [1.82, 2.24) is 30.1 Å². The van der Waals surface area contributed by atoms with E-state index in [1.54, 1.807) is 0 Å². The van der Waals surface area contributed by atoms with Crippen LogP contribution >= 0.6 is 0 Å². The van der Waals surface area contributed by atoms with Gasteiger partial charge in [-0.25, -0.2) is 4.52 Å². The van der Waals surface area contributed by atoms with Gasteiger partial charge in [0.25, 0.3) is 0 Å². The van der Waals surface area contributed by atoms with Crippen LogP contribution in [0.2, 0.25) is 0 Å². The number of nitrogens with one attached hydrogen (secondary N) is 3. The zero-order valence-electron chi connectivity index (χ0n) is 16.6.